The van der Waals surface area contributed by atoms with Crippen molar-refractivity contribution in [3.05, 3.63) is 64.7 Å². The van der Waals surface area contributed by atoms with Crippen LogP contribution in [-0.4, -0.2) is 25.0 Å². The molecule has 146 valence electrons. The maximum absolute atomic E-state index is 13.3. The van der Waals surface area contributed by atoms with Crippen LogP contribution in [0.2, 0.25) is 5.02 Å². The van der Waals surface area contributed by atoms with E-state index in [1.807, 2.05) is 30.3 Å². The number of halogens is 1. The molecule has 0 heterocycles. The van der Waals surface area contributed by atoms with Crippen molar-refractivity contribution in [2.24, 2.45) is 5.92 Å². The summed E-state index contributed by atoms with van der Waals surface area (Å²) in [6.07, 6.45) is 4.89. The number of rotatable bonds is 6. The van der Waals surface area contributed by atoms with E-state index in [2.05, 4.69) is 18.3 Å². The van der Waals surface area contributed by atoms with Crippen molar-refractivity contribution in [2.75, 3.05) is 18.0 Å². The van der Waals surface area contributed by atoms with Gasteiger partial charge in [-0.3, -0.25) is 4.79 Å². The number of anilines is 1. The molecule has 2 aromatic carbocycles. The lowest BCUT2D eigenvalue weighted by Gasteiger charge is -2.29. The van der Waals surface area contributed by atoms with Crippen molar-refractivity contribution < 1.29 is 4.79 Å². The van der Waals surface area contributed by atoms with E-state index in [4.69, 9.17) is 11.6 Å². The van der Waals surface area contributed by atoms with Crippen LogP contribution < -0.4 is 10.2 Å². The van der Waals surface area contributed by atoms with Crippen molar-refractivity contribution in [3.8, 4) is 6.07 Å². The fourth-order valence-electron chi connectivity index (χ4n) is 3.74. The quantitative estimate of drug-likeness (QED) is 0.746. The minimum Gasteiger partial charge on any atom is -0.312 e. The third kappa shape index (κ3) is 5.13. The van der Waals surface area contributed by atoms with Crippen LogP contribution in [0.4, 0.5) is 5.69 Å². The number of carbonyl (C=O) groups excluding carboxylic acids is 1. The largest absolute Gasteiger partial charge is 0.312 e. The molecule has 1 aliphatic rings. The number of nitrogens with one attached hydrogen (secondary N) is 1. The summed E-state index contributed by atoms with van der Waals surface area (Å²) in [7, 11) is 0. The van der Waals surface area contributed by atoms with Gasteiger partial charge in [0, 0.05) is 29.8 Å². The van der Waals surface area contributed by atoms with Crippen molar-refractivity contribution in [2.45, 2.75) is 38.6 Å². The Balaban J connectivity index is 1.75. The van der Waals surface area contributed by atoms with Crippen LogP contribution in [0, 0.1) is 17.2 Å². The van der Waals surface area contributed by atoms with Crippen LogP contribution in [0.25, 0.3) is 0 Å². The van der Waals surface area contributed by atoms with Gasteiger partial charge in [0.25, 0.3) is 5.91 Å². The van der Waals surface area contributed by atoms with E-state index in [9.17, 15) is 10.1 Å². The Kier molecular flexibility index (Phi) is 7.08. The van der Waals surface area contributed by atoms with Gasteiger partial charge in [-0.15, -0.1) is 0 Å². The van der Waals surface area contributed by atoms with Crippen LogP contribution >= 0.6 is 11.6 Å². The van der Waals surface area contributed by atoms with Crippen molar-refractivity contribution in [1.29, 1.82) is 5.26 Å². The summed E-state index contributed by atoms with van der Waals surface area (Å²) in [6.45, 7) is 3.55. The van der Waals surface area contributed by atoms with Gasteiger partial charge < -0.3 is 10.2 Å². The Morgan fingerprint density at radius 3 is 2.57 bits per heavy atom. The second kappa shape index (κ2) is 9.73. The lowest BCUT2D eigenvalue weighted by atomic mass is 9.87. The highest BCUT2D eigenvalue weighted by molar-refractivity contribution is 6.31. The maximum atomic E-state index is 13.3. The molecular weight excluding hydrogens is 370 g/mol. The fourth-order valence-corrected chi connectivity index (χ4v) is 3.91. The Morgan fingerprint density at radius 1 is 1.18 bits per heavy atom. The van der Waals surface area contributed by atoms with Gasteiger partial charge in [-0.1, -0.05) is 36.7 Å². The lowest BCUT2D eigenvalue weighted by molar-refractivity contribution is 0.0986. The van der Waals surface area contributed by atoms with Crippen molar-refractivity contribution in [3.63, 3.8) is 0 Å². The molecule has 1 aliphatic carbocycles. The molecule has 0 atom stereocenters. The fraction of sp³-hybridized carbons (Fsp3) is 0.391. The van der Waals surface area contributed by atoms with E-state index < -0.39 is 0 Å². The molecule has 3 rings (SSSR count). The summed E-state index contributed by atoms with van der Waals surface area (Å²) in [5.41, 5.74) is 1.49. The van der Waals surface area contributed by atoms with Gasteiger partial charge in [0.05, 0.1) is 17.2 Å². The van der Waals surface area contributed by atoms with Gasteiger partial charge in [-0.05, 0) is 61.9 Å². The SMILES string of the molecule is CC1CCC(NCCN(C(=O)c2cc(Cl)ccc2C#N)c2ccccc2)CC1. The summed E-state index contributed by atoms with van der Waals surface area (Å²) in [6, 6.07) is 17.0. The average molecular weight is 396 g/mol. The highest BCUT2D eigenvalue weighted by atomic mass is 35.5. The molecule has 0 bridgehead atoms. The third-order valence-corrected chi connectivity index (χ3v) is 5.66. The second-order valence-corrected chi connectivity index (χ2v) is 7.94. The van der Waals surface area contributed by atoms with E-state index in [0.29, 0.717) is 35.3 Å². The predicted octanol–water partition coefficient (Wildman–Crippen LogP) is 5.03. The molecule has 0 aliphatic heterocycles. The molecule has 5 heteroatoms. The minimum absolute atomic E-state index is 0.204. The van der Waals surface area contributed by atoms with Gasteiger partial charge in [-0.2, -0.15) is 5.26 Å². The molecule has 0 unspecified atom stereocenters. The average Bonchev–Trinajstić information content (AvgIpc) is 2.72. The summed E-state index contributed by atoms with van der Waals surface area (Å²) >= 11 is 6.09. The molecule has 0 aromatic heterocycles. The molecule has 28 heavy (non-hydrogen) atoms. The van der Waals surface area contributed by atoms with Gasteiger partial charge in [0.1, 0.15) is 0 Å². The lowest BCUT2D eigenvalue weighted by Crippen LogP contribution is -2.41. The minimum atomic E-state index is -0.204. The number of benzene rings is 2. The highest BCUT2D eigenvalue weighted by Gasteiger charge is 2.22. The molecular formula is C23H26ClN3O. The van der Waals surface area contributed by atoms with Crippen LogP contribution in [-0.2, 0) is 0 Å². The second-order valence-electron chi connectivity index (χ2n) is 7.50. The van der Waals surface area contributed by atoms with Gasteiger partial charge in [-0.25, -0.2) is 0 Å². The highest BCUT2D eigenvalue weighted by Crippen LogP contribution is 2.24. The Bertz CT molecular complexity index is 839. The monoisotopic (exact) mass is 395 g/mol. The van der Waals surface area contributed by atoms with E-state index in [-0.39, 0.29) is 5.91 Å². The molecule has 1 amide bonds. The van der Waals surface area contributed by atoms with Crippen molar-refractivity contribution >= 4 is 23.2 Å². The predicted molar refractivity (Wildman–Crippen MR) is 114 cm³/mol. The van der Waals surface area contributed by atoms with Crippen molar-refractivity contribution in [1.82, 2.24) is 5.32 Å². The zero-order valence-electron chi connectivity index (χ0n) is 16.2. The molecule has 4 nitrogen and oxygen atoms in total. The zero-order chi connectivity index (χ0) is 19.9. The number of amides is 1. The third-order valence-electron chi connectivity index (χ3n) is 5.43. The normalized spacial score (nSPS) is 19.0. The number of hydrogen-bond donors (Lipinski definition) is 1. The first kappa shape index (κ1) is 20.4. The van der Waals surface area contributed by atoms with E-state index in [1.165, 1.54) is 25.7 Å². The van der Waals surface area contributed by atoms with Crippen LogP contribution in [0.15, 0.2) is 48.5 Å². The summed E-state index contributed by atoms with van der Waals surface area (Å²) < 4.78 is 0. The van der Waals surface area contributed by atoms with Gasteiger partial charge in [0.2, 0.25) is 0 Å². The first-order chi connectivity index (χ1) is 13.6. The number of para-hydroxylation sites is 1. The summed E-state index contributed by atoms with van der Waals surface area (Å²) in [5, 5.41) is 13.5. The first-order valence-corrected chi connectivity index (χ1v) is 10.3. The topological polar surface area (TPSA) is 56.1 Å². The number of nitriles is 1. The Morgan fingerprint density at radius 2 is 1.89 bits per heavy atom. The summed E-state index contributed by atoms with van der Waals surface area (Å²) in [5.74, 6) is 0.608. The number of nitrogens with zero attached hydrogens (tertiary/aromatic N) is 2. The Labute approximate surface area is 172 Å². The standard InChI is InChI=1S/C23H26ClN3O/c1-17-7-11-20(12-8-17)26-13-14-27(21-5-3-2-4-6-21)23(28)22-15-19(24)10-9-18(22)16-25/h2-6,9-10,15,17,20,26H,7-8,11-14H2,1H3. The van der Waals surface area contributed by atoms with Gasteiger partial charge in [0.15, 0.2) is 0 Å². The molecule has 1 N–H and O–H groups in total. The molecule has 2 aromatic rings. The number of carbonyl (C=O) groups is 1. The summed E-state index contributed by atoms with van der Waals surface area (Å²) in [4.78, 5) is 15.0. The zero-order valence-corrected chi connectivity index (χ0v) is 17.0. The molecule has 0 spiro atoms. The molecule has 0 saturated heterocycles. The molecule has 0 radical (unpaired) electrons. The van der Waals surface area contributed by atoms with E-state index in [1.54, 1.807) is 23.1 Å². The van der Waals surface area contributed by atoms with Crippen LogP contribution in [0.3, 0.4) is 0 Å². The number of hydrogen-bond acceptors (Lipinski definition) is 3. The smallest absolute Gasteiger partial charge is 0.259 e. The molecule has 1 fully saturated rings. The van der Waals surface area contributed by atoms with Crippen LogP contribution in [0.1, 0.15) is 48.5 Å². The first-order valence-electron chi connectivity index (χ1n) is 9.88. The van der Waals surface area contributed by atoms with E-state index >= 15 is 0 Å². The van der Waals surface area contributed by atoms with E-state index in [0.717, 1.165) is 11.6 Å². The maximum Gasteiger partial charge on any atom is 0.259 e. The van der Waals surface area contributed by atoms with Gasteiger partial charge >= 0.3 is 0 Å². The molecule has 1 saturated carbocycles. The Hall–Kier alpha value is -2.35. The van der Waals surface area contributed by atoms with Crippen LogP contribution in [0.5, 0.6) is 0 Å².